The zero-order valence-corrected chi connectivity index (χ0v) is 24.3. The third-order valence-electron chi connectivity index (χ3n) is 9.08. The van der Waals surface area contributed by atoms with Crippen LogP contribution in [0.3, 0.4) is 0 Å². The largest absolute Gasteiger partial charge is 0.460 e. The number of aryl methyl sites for hydroxylation is 1. The van der Waals surface area contributed by atoms with Crippen molar-refractivity contribution in [3.63, 3.8) is 0 Å². The molecule has 10 nitrogen and oxygen atoms in total. The van der Waals surface area contributed by atoms with Crippen LogP contribution in [-0.2, 0) is 6.54 Å². The van der Waals surface area contributed by atoms with Crippen molar-refractivity contribution < 1.29 is 8.91 Å². The molecular formula is C30H39FN8O2. The van der Waals surface area contributed by atoms with Gasteiger partial charge < -0.3 is 14.4 Å². The highest BCUT2D eigenvalue weighted by Crippen LogP contribution is 2.36. The number of imidazole rings is 1. The summed E-state index contributed by atoms with van der Waals surface area (Å²) in [6.45, 7) is 9.26. The molecule has 1 unspecified atom stereocenters. The number of H-pyrrole nitrogens is 1. The van der Waals surface area contributed by atoms with Crippen molar-refractivity contribution in [3.05, 3.63) is 34.2 Å². The molecule has 2 fully saturated rings. The summed E-state index contributed by atoms with van der Waals surface area (Å²) >= 11 is 0. The lowest BCUT2D eigenvalue weighted by molar-refractivity contribution is 0.269. The number of hydrogen-bond acceptors (Lipinski definition) is 8. The Morgan fingerprint density at radius 2 is 1.83 bits per heavy atom. The maximum atomic E-state index is 14.8. The summed E-state index contributed by atoms with van der Waals surface area (Å²) in [4.78, 5) is 34.3. The molecule has 4 heterocycles. The average molecular weight is 563 g/mol. The minimum atomic E-state index is -0.751. The summed E-state index contributed by atoms with van der Waals surface area (Å²) < 4.78 is 21.7. The summed E-state index contributed by atoms with van der Waals surface area (Å²) in [5.41, 5.74) is 2.52. The topological polar surface area (TPSA) is 127 Å². The standard InChI is InChI=1S/C30H39FN8O2/c1-16(2)21-14-22(33-23(31)15-21)29-36-26-24(39(29)13-12-19-10-8-17(3)9-11-19)25(32-18(4)20-6-5-7-20)34-27(35-26)28-37-30(40)41-38-28/h14-20H,5-13H2,1-4H3,(H,32,34,35)(H,37,38,40). The highest BCUT2D eigenvalue weighted by Gasteiger charge is 2.28. The van der Waals surface area contributed by atoms with E-state index in [1.165, 1.54) is 51.0 Å². The zero-order chi connectivity index (χ0) is 28.7. The van der Waals surface area contributed by atoms with Crippen LogP contribution in [0, 0.1) is 23.7 Å². The molecule has 4 aromatic rings. The number of anilines is 1. The Morgan fingerprint density at radius 3 is 2.49 bits per heavy atom. The molecule has 1 atom stereocenters. The number of pyridine rings is 1. The molecular weight excluding hydrogens is 523 g/mol. The van der Waals surface area contributed by atoms with Crippen molar-refractivity contribution in [1.82, 2.24) is 34.6 Å². The highest BCUT2D eigenvalue weighted by atomic mass is 19.1. The van der Waals surface area contributed by atoms with Gasteiger partial charge in [-0.05, 0) is 67.6 Å². The molecule has 0 spiro atoms. The van der Waals surface area contributed by atoms with Crippen LogP contribution in [0.5, 0.6) is 0 Å². The number of nitrogens with zero attached hydrogens (tertiary/aromatic N) is 6. The normalized spacial score (nSPS) is 20.4. The Kier molecular flexibility index (Phi) is 7.61. The number of aromatic nitrogens is 7. The molecule has 0 aromatic carbocycles. The van der Waals surface area contributed by atoms with E-state index >= 15 is 0 Å². The lowest BCUT2D eigenvalue weighted by Crippen LogP contribution is -2.31. The molecule has 6 rings (SSSR count). The van der Waals surface area contributed by atoms with E-state index in [2.05, 4.69) is 38.9 Å². The highest BCUT2D eigenvalue weighted by molar-refractivity contribution is 5.88. The smallest absolute Gasteiger partial charge is 0.365 e. The van der Waals surface area contributed by atoms with E-state index in [-0.39, 0.29) is 23.6 Å². The Labute approximate surface area is 238 Å². The monoisotopic (exact) mass is 562 g/mol. The van der Waals surface area contributed by atoms with Gasteiger partial charge in [-0.1, -0.05) is 52.9 Å². The predicted octanol–water partition coefficient (Wildman–Crippen LogP) is 6.31. The Hall–Kier alpha value is -3.63. The fourth-order valence-corrected chi connectivity index (χ4v) is 6.15. The third-order valence-corrected chi connectivity index (χ3v) is 9.08. The molecule has 2 saturated carbocycles. The van der Waals surface area contributed by atoms with Gasteiger partial charge in [0.25, 0.3) is 0 Å². The Bertz CT molecular complexity index is 1580. The van der Waals surface area contributed by atoms with E-state index in [4.69, 9.17) is 19.5 Å². The van der Waals surface area contributed by atoms with Gasteiger partial charge in [0.1, 0.15) is 11.2 Å². The molecule has 2 aliphatic carbocycles. The Morgan fingerprint density at radius 1 is 1.05 bits per heavy atom. The zero-order valence-electron chi connectivity index (χ0n) is 24.3. The molecule has 218 valence electrons. The maximum Gasteiger partial charge on any atom is 0.460 e. The quantitative estimate of drug-likeness (QED) is 0.227. The van der Waals surface area contributed by atoms with Crippen molar-refractivity contribution in [2.24, 2.45) is 17.8 Å². The van der Waals surface area contributed by atoms with Crippen LogP contribution in [0.2, 0.25) is 0 Å². The van der Waals surface area contributed by atoms with Crippen molar-refractivity contribution in [3.8, 4) is 23.2 Å². The second-order valence-electron chi connectivity index (χ2n) is 12.4. The van der Waals surface area contributed by atoms with Gasteiger partial charge in [0.15, 0.2) is 17.3 Å². The van der Waals surface area contributed by atoms with Crippen LogP contribution in [0.25, 0.3) is 34.3 Å². The number of aromatic amines is 1. The fraction of sp³-hybridized carbons (Fsp3) is 0.600. The van der Waals surface area contributed by atoms with Crippen LogP contribution >= 0.6 is 0 Å². The van der Waals surface area contributed by atoms with E-state index in [1.807, 2.05) is 19.9 Å². The first-order valence-electron chi connectivity index (χ1n) is 15.0. The minimum absolute atomic E-state index is 0.129. The lowest BCUT2D eigenvalue weighted by atomic mass is 9.80. The van der Waals surface area contributed by atoms with Crippen LogP contribution in [-0.4, -0.2) is 40.7 Å². The molecule has 11 heteroatoms. The number of halogens is 1. The van der Waals surface area contributed by atoms with E-state index < -0.39 is 11.7 Å². The molecule has 4 aromatic heterocycles. The second kappa shape index (κ2) is 11.3. The second-order valence-corrected chi connectivity index (χ2v) is 12.4. The van der Waals surface area contributed by atoms with Crippen molar-refractivity contribution in [2.75, 3.05) is 5.32 Å². The van der Waals surface area contributed by atoms with Gasteiger partial charge in [0.2, 0.25) is 17.6 Å². The molecule has 0 saturated heterocycles. The van der Waals surface area contributed by atoms with E-state index in [9.17, 15) is 9.18 Å². The van der Waals surface area contributed by atoms with Crippen LogP contribution < -0.4 is 11.1 Å². The van der Waals surface area contributed by atoms with Gasteiger partial charge in [0, 0.05) is 12.6 Å². The van der Waals surface area contributed by atoms with E-state index in [1.54, 1.807) is 0 Å². The Balaban J connectivity index is 1.50. The SMILES string of the molecule is CC1CCC(CCn2c(-c3cc(C(C)C)cc(F)n3)nc3nc(-c4nc(=O)o[nH]4)nc(NC(C)C4CCC4)c32)CC1. The molecule has 0 aliphatic heterocycles. The summed E-state index contributed by atoms with van der Waals surface area (Å²) in [6.07, 6.45) is 9.47. The van der Waals surface area contributed by atoms with Crippen molar-refractivity contribution >= 4 is 17.0 Å². The third kappa shape index (κ3) is 5.76. The molecule has 0 bridgehead atoms. The van der Waals surface area contributed by atoms with Crippen LogP contribution in [0.1, 0.15) is 90.5 Å². The first kappa shape index (κ1) is 27.5. The van der Waals surface area contributed by atoms with Gasteiger partial charge in [-0.25, -0.2) is 24.7 Å². The van der Waals surface area contributed by atoms with Gasteiger partial charge in [0.05, 0.1) is 0 Å². The number of hydrogen-bond donors (Lipinski definition) is 2. The number of fused-ring (bicyclic) bond motifs is 1. The van der Waals surface area contributed by atoms with Crippen LogP contribution in [0.15, 0.2) is 21.5 Å². The molecule has 0 radical (unpaired) electrons. The molecule has 2 N–H and O–H groups in total. The molecule has 2 aliphatic rings. The minimum Gasteiger partial charge on any atom is -0.365 e. The van der Waals surface area contributed by atoms with Gasteiger partial charge >= 0.3 is 5.76 Å². The lowest BCUT2D eigenvalue weighted by Gasteiger charge is -2.32. The van der Waals surface area contributed by atoms with E-state index in [0.29, 0.717) is 41.4 Å². The molecule has 0 amide bonds. The van der Waals surface area contributed by atoms with Crippen LogP contribution in [0.4, 0.5) is 10.2 Å². The summed E-state index contributed by atoms with van der Waals surface area (Å²) in [5, 5.41) is 6.15. The van der Waals surface area contributed by atoms with Crippen molar-refractivity contribution in [1.29, 1.82) is 0 Å². The maximum absolute atomic E-state index is 14.8. The van der Waals surface area contributed by atoms with Gasteiger partial charge in [-0.2, -0.15) is 9.55 Å². The number of rotatable bonds is 9. The first-order chi connectivity index (χ1) is 19.7. The average Bonchev–Trinajstić information content (AvgIpc) is 3.50. The fourth-order valence-electron chi connectivity index (χ4n) is 6.15. The van der Waals surface area contributed by atoms with E-state index in [0.717, 1.165) is 23.4 Å². The predicted molar refractivity (Wildman–Crippen MR) is 155 cm³/mol. The summed E-state index contributed by atoms with van der Waals surface area (Å²) in [6, 6.07) is 3.58. The van der Waals surface area contributed by atoms with Crippen molar-refractivity contribution in [2.45, 2.75) is 97.6 Å². The first-order valence-corrected chi connectivity index (χ1v) is 15.0. The summed E-state index contributed by atoms with van der Waals surface area (Å²) in [5.74, 6) is 2.31. The van der Waals surface area contributed by atoms with Gasteiger partial charge in [-0.15, -0.1) is 4.98 Å². The van der Waals surface area contributed by atoms with Gasteiger partial charge in [-0.3, -0.25) is 0 Å². The summed E-state index contributed by atoms with van der Waals surface area (Å²) in [7, 11) is 0. The molecule has 41 heavy (non-hydrogen) atoms. The number of nitrogens with one attached hydrogen (secondary N) is 2.